The molecule has 0 atom stereocenters. The largest absolute Gasteiger partial charge is 0.329 e. The van der Waals surface area contributed by atoms with Crippen LogP contribution in [0.2, 0.25) is 0 Å². The molecule has 0 spiro atoms. The Bertz CT molecular complexity index is 618. The van der Waals surface area contributed by atoms with Gasteiger partial charge in [-0.15, -0.1) is 0 Å². The van der Waals surface area contributed by atoms with Crippen molar-refractivity contribution >= 4 is 11.8 Å². The van der Waals surface area contributed by atoms with Crippen molar-refractivity contribution in [1.29, 1.82) is 0 Å². The van der Waals surface area contributed by atoms with Crippen molar-refractivity contribution in [2.75, 3.05) is 20.8 Å². The van der Waals surface area contributed by atoms with Crippen LogP contribution in [0.25, 0.3) is 0 Å². The fourth-order valence-electron chi connectivity index (χ4n) is 2.35. The molecule has 1 aliphatic heterocycles. The Kier molecular flexibility index (Phi) is 6.07. The van der Waals surface area contributed by atoms with Gasteiger partial charge in [-0.05, 0) is 19.4 Å². The minimum Gasteiger partial charge on any atom is -0.329 e. The van der Waals surface area contributed by atoms with Gasteiger partial charge < -0.3 is 9.47 Å². The summed E-state index contributed by atoms with van der Waals surface area (Å²) in [6.07, 6.45) is 2.53. The van der Waals surface area contributed by atoms with E-state index in [9.17, 15) is 9.59 Å². The number of imide groups is 1. The molecule has 1 aliphatic rings. The standard InChI is InChI=1S/C18H23NO6/c1-17(2,14-8-6-5-7-9-14)24-25-18(22-3,23-4)12-13-19-15(20)10-11-16(19)21/h5-11H,12-13H2,1-4H3. The Labute approximate surface area is 147 Å². The van der Waals surface area contributed by atoms with Gasteiger partial charge >= 0.3 is 5.97 Å². The lowest BCUT2D eigenvalue weighted by atomic mass is 9.99. The summed E-state index contributed by atoms with van der Waals surface area (Å²) in [7, 11) is 2.79. The van der Waals surface area contributed by atoms with Crippen LogP contribution in [0.3, 0.4) is 0 Å². The van der Waals surface area contributed by atoms with Crippen molar-refractivity contribution in [2.24, 2.45) is 0 Å². The lowest BCUT2D eigenvalue weighted by Crippen LogP contribution is -2.44. The van der Waals surface area contributed by atoms with Crippen molar-refractivity contribution in [3.8, 4) is 0 Å². The van der Waals surface area contributed by atoms with Crippen molar-refractivity contribution in [1.82, 2.24) is 4.90 Å². The smallest absolute Gasteiger partial charge is 0.313 e. The van der Waals surface area contributed by atoms with E-state index in [4.69, 9.17) is 19.2 Å². The maximum atomic E-state index is 11.6. The summed E-state index contributed by atoms with van der Waals surface area (Å²) < 4.78 is 10.6. The number of rotatable bonds is 9. The Morgan fingerprint density at radius 1 is 0.920 bits per heavy atom. The highest BCUT2D eigenvalue weighted by molar-refractivity contribution is 6.12. The van der Waals surface area contributed by atoms with E-state index >= 15 is 0 Å². The van der Waals surface area contributed by atoms with Crippen LogP contribution in [0.4, 0.5) is 0 Å². The van der Waals surface area contributed by atoms with E-state index in [2.05, 4.69) is 0 Å². The normalized spacial score (nSPS) is 15.3. The number of carbonyl (C=O) groups excluding carboxylic acids is 2. The molecule has 0 saturated heterocycles. The fourth-order valence-corrected chi connectivity index (χ4v) is 2.35. The highest BCUT2D eigenvalue weighted by Gasteiger charge is 2.38. The summed E-state index contributed by atoms with van der Waals surface area (Å²) in [5.41, 5.74) is 0.148. The fraction of sp³-hybridized carbons (Fsp3) is 0.444. The Morgan fingerprint density at radius 3 is 2.00 bits per heavy atom. The van der Waals surface area contributed by atoms with Gasteiger partial charge in [0.25, 0.3) is 11.8 Å². The van der Waals surface area contributed by atoms with Gasteiger partial charge in [0.2, 0.25) is 0 Å². The van der Waals surface area contributed by atoms with Gasteiger partial charge in [-0.1, -0.05) is 30.3 Å². The van der Waals surface area contributed by atoms with E-state index in [1.54, 1.807) is 0 Å². The van der Waals surface area contributed by atoms with Crippen LogP contribution >= 0.6 is 0 Å². The predicted molar refractivity (Wildman–Crippen MR) is 88.9 cm³/mol. The van der Waals surface area contributed by atoms with Crippen LogP contribution in [-0.2, 0) is 34.4 Å². The molecule has 0 fully saturated rings. The molecule has 0 saturated carbocycles. The first-order valence-corrected chi connectivity index (χ1v) is 7.90. The molecule has 2 amide bonds. The molecule has 1 aromatic carbocycles. The molecule has 0 aliphatic carbocycles. The number of hydrogen-bond donors (Lipinski definition) is 0. The quantitative estimate of drug-likeness (QED) is 0.294. The number of methoxy groups -OCH3 is 2. The van der Waals surface area contributed by atoms with Crippen LogP contribution in [0, 0.1) is 0 Å². The molecule has 0 unspecified atom stereocenters. The highest BCUT2D eigenvalue weighted by Crippen LogP contribution is 2.29. The molecule has 1 aromatic rings. The number of amides is 2. The summed E-state index contributed by atoms with van der Waals surface area (Å²) in [6, 6.07) is 9.54. The maximum Gasteiger partial charge on any atom is 0.313 e. The molecule has 0 radical (unpaired) electrons. The van der Waals surface area contributed by atoms with E-state index < -0.39 is 11.6 Å². The molecular formula is C18H23NO6. The third-order valence-electron chi connectivity index (χ3n) is 4.01. The van der Waals surface area contributed by atoms with Gasteiger partial charge in [-0.2, -0.15) is 4.89 Å². The summed E-state index contributed by atoms with van der Waals surface area (Å²) in [4.78, 5) is 35.4. The number of ether oxygens (including phenoxy) is 2. The van der Waals surface area contributed by atoms with Crippen molar-refractivity contribution < 1.29 is 28.8 Å². The molecule has 7 heteroatoms. The van der Waals surface area contributed by atoms with Gasteiger partial charge in [-0.3, -0.25) is 14.5 Å². The van der Waals surface area contributed by atoms with Crippen LogP contribution in [0.1, 0.15) is 25.8 Å². The molecule has 0 aromatic heterocycles. The average Bonchev–Trinajstić information content (AvgIpc) is 2.95. The summed E-state index contributed by atoms with van der Waals surface area (Å²) in [5, 5.41) is 0. The van der Waals surface area contributed by atoms with Gasteiger partial charge in [0.05, 0.1) is 6.42 Å². The van der Waals surface area contributed by atoms with Crippen molar-refractivity contribution in [2.45, 2.75) is 31.8 Å². The van der Waals surface area contributed by atoms with Gasteiger partial charge in [0.1, 0.15) is 5.60 Å². The molecule has 0 N–H and O–H groups in total. The minimum atomic E-state index is -1.55. The van der Waals surface area contributed by atoms with Crippen LogP contribution in [-0.4, -0.2) is 43.5 Å². The molecule has 0 bridgehead atoms. The average molecular weight is 349 g/mol. The first kappa shape index (κ1) is 19.3. The number of carbonyl (C=O) groups is 2. The lowest BCUT2D eigenvalue weighted by Gasteiger charge is -2.34. The molecule has 136 valence electrons. The first-order chi connectivity index (χ1) is 11.8. The van der Waals surface area contributed by atoms with Gasteiger partial charge in [0, 0.05) is 32.9 Å². The Morgan fingerprint density at radius 2 is 1.48 bits per heavy atom. The zero-order valence-corrected chi connectivity index (χ0v) is 14.9. The number of hydrogen-bond acceptors (Lipinski definition) is 6. The van der Waals surface area contributed by atoms with Gasteiger partial charge in [-0.25, -0.2) is 4.89 Å². The van der Waals surface area contributed by atoms with Crippen molar-refractivity contribution in [3.05, 3.63) is 48.0 Å². The highest BCUT2D eigenvalue weighted by atomic mass is 17.3. The summed E-state index contributed by atoms with van der Waals surface area (Å²) >= 11 is 0. The first-order valence-electron chi connectivity index (χ1n) is 7.90. The van der Waals surface area contributed by atoms with E-state index in [1.807, 2.05) is 44.2 Å². The Balaban J connectivity index is 2.01. The SMILES string of the molecule is COC(CCN1C(=O)C=CC1=O)(OC)OOC(C)(C)c1ccccc1. The lowest BCUT2D eigenvalue weighted by molar-refractivity contribution is -0.525. The van der Waals surface area contributed by atoms with Crippen LogP contribution in [0.5, 0.6) is 0 Å². The molecule has 2 rings (SSSR count). The van der Waals surface area contributed by atoms with Crippen LogP contribution < -0.4 is 0 Å². The third kappa shape index (κ3) is 4.52. The van der Waals surface area contributed by atoms with E-state index in [0.29, 0.717) is 0 Å². The minimum absolute atomic E-state index is 0.0709. The maximum absolute atomic E-state index is 11.6. The topological polar surface area (TPSA) is 74.3 Å². The summed E-state index contributed by atoms with van der Waals surface area (Å²) in [6.45, 7) is 3.76. The zero-order valence-electron chi connectivity index (χ0n) is 14.9. The predicted octanol–water partition coefficient (Wildman–Crippen LogP) is 2.13. The Hall–Kier alpha value is -2.06. The second-order valence-electron chi connectivity index (χ2n) is 6.05. The second-order valence-corrected chi connectivity index (χ2v) is 6.05. The monoisotopic (exact) mass is 349 g/mol. The van der Waals surface area contributed by atoms with Crippen LogP contribution in [0.15, 0.2) is 42.5 Å². The molecule has 25 heavy (non-hydrogen) atoms. The molecule has 7 nitrogen and oxygen atoms in total. The van der Waals surface area contributed by atoms with Gasteiger partial charge in [0.15, 0.2) is 0 Å². The second kappa shape index (κ2) is 7.88. The van der Waals surface area contributed by atoms with E-state index in [1.165, 1.54) is 26.4 Å². The number of nitrogens with zero attached hydrogens (tertiary/aromatic N) is 1. The zero-order chi connectivity index (χ0) is 18.5. The molecular weight excluding hydrogens is 326 g/mol. The molecule has 1 heterocycles. The van der Waals surface area contributed by atoms with Crippen molar-refractivity contribution in [3.63, 3.8) is 0 Å². The third-order valence-corrected chi connectivity index (χ3v) is 4.01. The van der Waals surface area contributed by atoms with E-state index in [-0.39, 0.29) is 24.8 Å². The number of benzene rings is 1. The summed E-state index contributed by atoms with van der Waals surface area (Å²) in [5.74, 6) is -2.30. The van der Waals surface area contributed by atoms with E-state index in [0.717, 1.165) is 10.5 Å².